The molecule has 0 aromatic heterocycles. The fourth-order valence-corrected chi connectivity index (χ4v) is 4.36. The van der Waals surface area contributed by atoms with Gasteiger partial charge in [-0.25, -0.2) is 0 Å². The van der Waals surface area contributed by atoms with Gasteiger partial charge in [-0.3, -0.25) is 24.6 Å². The molecule has 0 saturated carbocycles. The lowest BCUT2D eigenvalue weighted by molar-refractivity contribution is -0.141. The molecule has 3 heterocycles. The number of anilines is 1. The quantitative estimate of drug-likeness (QED) is 0.689. The van der Waals surface area contributed by atoms with Crippen molar-refractivity contribution in [2.75, 3.05) is 19.0 Å². The Balaban J connectivity index is 1.98. The summed E-state index contributed by atoms with van der Waals surface area (Å²) in [5.41, 5.74) is 0.466. The monoisotopic (exact) mass is 299 g/mol. The predicted octanol–water partition coefficient (Wildman–Crippen LogP) is 0.0810. The molecule has 4 rings (SSSR count). The highest BCUT2D eigenvalue weighted by atomic mass is 16.2. The number of amides is 3. The van der Waals surface area contributed by atoms with Gasteiger partial charge in [0.25, 0.3) is 5.91 Å². The molecule has 0 aliphatic carbocycles. The normalized spacial score (nSPS) is 36.5. The summed E-state index contributed by atoms with van der Waals surface area (Å²) in [6, 6.07) is 7.24. The topological polar surface area (TPSA) is 69.7 Å². The van der Waals surface area contributed by atoms with E-state index in [0.29, 0.717) is 0 Å². The maximum absolute atomic E-state index is 13.0. The Morgan fingerprint density at radius 1 is 1.05 bits per heavy atom. The lowest BCUT2D eigenvalue weighted by Gasteiger charge is -2.29. The number of imide groups is 1. The lowest BCUT2D eigenvalue weighted by atomic mass is 9.76. The molecule has 2 saturated heterocycles. The number of benzene rings is 1. The highest BCUT2D eigenvalue weighted by Crippen LogP contribution is 2.53. The van der Waals surface area contributed by atoms with Crippen LogP contribution in [0.1, 0.15) is 12.5 Å². The van der Waals surface area contributed by atoms with Crippen LogP contribution < -0.4 is 10.2 Å². The van der Waals surface area contributed by atoms with Gasteiger partial charge in [-0.15, -0.1) is 0 Å². The van der Waals surface area contributed by atoms with E-state index >= 15 is 0 Å². The van der Waals surface area contributed by atoms with Crippen molar-refractivity contribution in [1.82, 2.24) is 10.2 Å². The minimum Gasteiger partial charge on any atom is -0.313 e. The van der Waals surface area contributed by atoms with Gasteiger partial charge in [0.1, 0.15) is 5.54 Å². The molecule has 114 valence electrons. The van der Waals surface area contributed by atoms with Crippen molar-refractivity contribution < 1.29 is 14.4 Å². The first-order valence-electron chi connectivity index (χ1n) is 7.38. The second-order valence-corrected chi connectivity index (χ2v) is 6.36. The van der Waals surface area contributed by atoms with Gasteiger partial charge in [0.15, 0.2) is 0 Å². The average Bonchev–Trinajstić information content (AvgIpc) is 3.03. The fraction of sp³-hybridized carbons (Fsp3) is 0.438. The number of nitrogens with one attached hydrogen (secondary N) is 1. The summed E-state index contributed by atoms with van der Waals surface area (Å²) in [4.78, 5) is 40.8. The van der Waals surface area contributed by atoms with Gasteiger partial charge in [0, 0.05) is 31.4 Å². The van der Waals surface area contributed by atoms with Gasteiger partial charge in [-0.1, -0.05) is 18.2 Å². The zero-order valence-electron chi connectivity index (χ0n) is 12.7. The van der Waals surface area contributed by atoms with E-state index in [-0.39, 0.29) is 23.8 Å². The number of para-hydroxylation sites is 1. The van der Waals surface area contributed by atoms with E-state index in [2.05, 4.69) is 5.32 Å². The van der Waals surface area contributed by atoms with E-state index in [0.717, 1.165) is 11.3 Å². The number of likely N-dealkylation sites (N-methyl/N-ethyl adjacent to an activating group) is 1. The Morgan fingerprint density at radius 2 is 1.73 bits per heavy atom. The summed E-state index contributed by atoms with van der Waals surface area (Å²) in [6.45, 7) is 1.87. The Bertz CT molecular complexity index is 731. The molecule has 6 heteroatoms. The predicted molar refractivity (Wildman–Crippen MR) is 78.9 cm³/mol. The molecule has 6 nitrogen and oxygen atoms in total. The van der Waals surface area contributed by atoms with Crippen LogP contribution in [0.3, 0.4) is 0 Å². The minimum atomic E-state index is -1.12. The molecule has 3 amide bonds. The molecule has 1 aromatic rings. The molecule has 1 aromatic carbocycles. The van der Waals surface area contributed by atoms with Crippen LogP contribution in [0.4, 0.5) is 5.69 Å². The molecule has 1 N–H and O–H groups in total. The van der Waals surface area contributed by atoms with Gasteiger partial charge in [-0.2, -0.15) is 0 Å². The number of rotatable bonds is 0. The first-order valence-corrected chi connectivity index (χ1v) is 7.38. The highest BCUT2D eigenvalue weighted by molar-refractivity contribution is 6.15. The smallest absolute Gasteiger partial charge is 0.252 e. The average molecular weight is 299 g/mol. The second kappa shape index (κ2) is 3.95. The molecule has 0 radical (unpaired) electrons. The minimum absolute atomic E-state index is 0.163. The second-order valence-electron chi connectivity index (χ2n) is 6.36. The lowest BCUT2D eigenvalue weighted by Crippen LogP contribution is -2.54. The van der Waals surface area contributed by atoms with Gasteiger partial charge < -0.3 is 4.90 Å². The van der Waals surface area contributed by atoms with Crippen molar-refractivity contribution >= 4 is 23.4 Å². The van der Waals surface area contributed by atoms with Crippen LogP contribution in [0.2, 0.25) is 0 Å². The van der Waals surface area contributed by atoms with Crippen molar-refractivity contribution in [1.29, 1.82) is 0 Å². The molecule has 4 atom stereocenters. The van der Waals surface area contributed by atoms with Gasteiger partial charge in [0.05, 0.1) is 11.8 Å². The molecule has 3 aliphatic rings. The van der Waals surface area contributed by atoms with Crippen LogP contribution >= 0.6 is 0 Å². The first kappa shape index (κ1) is 13.5. The molecule has 1 spiro atoms. The molecule has 0 bridgehead atoms. The largest absolute Gasteiger partial charge is 0.313 e. The summed E-state index contributed by atoms with van der Waals surface area (Å²) < 4.78 is 0. The Labute approximate surface area is 128 Å². The van der Waals surface area contributed by atoms with Crippen molar-refractivity contribution in [2.45, 2.75) is 18.5 Å². The standard InChI is InChI=1S/C16H17N3O3/c1-8-11-12(14(21)19(3)13(11)20)16(17-8)9-6-4-5-7-10(9)18(2)15(16)22/h4-8,11-12,17H,1-3H3/t8-,11+,12+,16-/m0/s1. The maximum Gasteiger partial charge on any atom is 0.252 e. The van der Waals surface area contributed by atoms with Crippen molar-refractivity contribution in [2.24, 2.45) is 11.8 Å². The summed E-state index contributed by atoms with van der Waals surface area (Å²) in [7, 11) is 3.21. The summed E-state index contributed by atoms with van der Waals surface area (Å²) >= 11 is 0. The van der Waals surface area contributed by atoms with Crippen LogP contribution in [0.5, 0.6) is 0 Å². The number of carbonyl (C=O) groups excluding carboxylic acids is 3. The Morgan fingerprint density at radius 3 is 2.45 bits per heavy atom. The Kier molecular flexibility index (Phi) is 2.42. The molecule has 3 aliphatic heterocycles. The van der Waals surface area contributed by atoms with Crippen LogP contribution in [-0.4, -0.2) is 42.8 Å². The number of nitrogens with zero attached hydrogens (tertiary/aromatic N) is 2. The van der Waals surface area contributed by atoms with E-state index in [9.17, 15) is 14.4 Å². The molecule has 2 fully saturated rings. The van der Waals surface area contributed by atoms with Crippen LogP contribution in [0.15, 0.2) is 24.3 Å². The third-order valence-electron chi connectivity index (χ3n) is 5.36. The van der Waals surface area contributed by atoms with Crippen molar-refractivity contribution in [3.63, 3.8) is 0 Å². The third kappa shape index (κ3) is 1.23. The van der Waals surface area contributed by atoms with Gasteiger partial charge >= 0.3 is 0 Å². The number of carbonyl (C=O) groups is 3. The van der Waals surface area contributed by atoms with E-state index < -0.39 is 17.4 Å². The van der Waals surface area contributed by atoms with E-state index in [4.69, 9.17) is 0 Å². The first-order chi connectivity index (χ1) is 10.4. The summed E-state index contributed by atoms with van der Waals surface area (Å²) in [5, 5.41) is 3.29. The zero-order chi connectivity index (χ0) is 15.8. The summed E-state index contributed by atoms with van der Waals surface area (Å²) in [6.07, 6.45) is 0. The number of hydrogen-bond acceptors (Lipinski definition) is 4. The Hall–Kier alpha value is -2.21. The van der Waals surface area contributed by atoms with E-state index in [1.807, 2.05) is 31.2 Å². The van der Waals surface area contributed by atoms with Crippen LogP contribution in [0, 0.1) is 11.8 Å². The number of hydrogen-bond donors (Lipinski definition) is 1. The van der Waals surface area contributed by atoms with E-state index in [1.165, 1.54) is 11.9 Å². The van der Waals surface area contributed by atoms with Gasteiger partial charge in [-0.05, 0) is 13.0 Å². The van der Waals surface area contributed by atoms with Crippen LogP contribution in [-0.2, 0) is 19.9 Å². The molecule has 22 heavy (non-hydrogen) atoms. The van der Waals surface area contributed by atoms with Crippen LogP contribution in [0.25, 0.3) is 0 Å². The molecule has 0 unspecified atom stereocenters. The van der Waals surface area contributed by atoms with E-state index in [1.54, 1.807) is 11.9 Å². The number of fused-ring (bicyclic) bond motifs is 4. The number of likely N-dealkylation sites (tertiary alicyclic amines) is 1. The third-order valence-corrected chi connectivity index (χ3v) is 5.36. The molecular weight excluding hydrogens is 282 g/mol. The zero-order valence-corrected chi connectivity index (χ0v) is 12.7. The highest BCUT2D eigenvalue weighted by Gasteiger charge is 2.69. The SMILES string of the molecule is C[C@@H]1N[C@]2(C(=O)N(C)c3ccccc32)[C@H]2C(=O)N(C)C(=O)[C@H]12. The fourth-order valence-electron chi connectivity index (χ4n) is 4.36. The van der Waals surface area contributed by atoms with Crippen molar-refractivity contribution in [3.05, 3.63) is 29.8 Å². The summed E-state index contributed by atoms with van der Waals surface area (Å²) in [5.74, 6) is -1.79. The van der Waals surface area contributed by atoms with Gasteiger partial charge in [0.2, 0.25) is 11.8 Å². The molecular formula is C16H17N3O3. The van der Waals surface area contributed by atoms with Crippen molar-refractivity contribution in [3.8, 4) is 0 Å². The maximum atomic E-state index is 13.0.